The Balaban J connectivity index is 1.65. The number of nitrogens with one attached hydrogen (secondary N) is 1. The molecule has 0 bridgehead atoms. The molecule has 10 nitrogen and oxygen atoms in total. The molecule has 0 aliphatic carbocycles. The van der Waals surface area contributed by atoms with E-state index >= 15 is 0 Å². The fourth-order valence-electron chi connectivity index (χ4n) is 2.92. The zero-order valence-electron chi connectivity index (χ0n) is 19.7. The van der Waals surface area contributed by atoms with Crippen molar-refractivity contribution in [2.75, 3.05) is 32.3 Å². The number of amides is 2. The van der Waals surface area contributed by atoms with Crippen LogP contribution in [0.1, 0.15) is 31.4 Å². The first-order valence-electron chi connectivity index (χ1n) is 10.2. The van der Waals surface area contributed by atoms with Gasteiger partial charge in [0.05, 0.1) is 23.3 Å². The van der Waals surface area contributed by atoms with Gasteiger partial charge >= 0.3 is 5.97 Å². The highest BCUT2D eigenvalue weighted by molar-refractivity contribution is 7.99. The summed E-state index contributed by atoms with van der Waals surface area (Å²) in [6, 6.07) is 6.97. The van der Waals surface area contributed by atoms with Gasteiger partial charge in [0.1, 0.15) is 17.4 Å². The second-order valence-electron chi connectivity index (χ2n) is 7.49. The Hall–Kier alpha value is -3.09. The molecule has 0 unspecified atom stereocenters. The van der Waals surface area contributed by atoms with Crippen LogP contribution in [-0.2, 0) is 23.2 Å². The number of thiophene rings is 1. The van der Waals surface area contributed by atoms with Gasteiger partial charge in [0.25, 0.3) is 5.91 Å². The number of methoxy groups -OCH3 is 1. The average Bonchev–Trinajstić information content (AvgIpc) is 3.34. The molecule has 0 saturated carbocycles. The largest absolute Gasteiger partial charge is 0.486 e. The number of carbonyl (C=O) groups excluding carboxylic acids is 3. The molecule has 1 aromatic carbocycles. The molecule has 3 aromatic rings. The van der Waals surface area contributed by atoms with Crippen LogP contribution in [0.4, 0.5) is 5.00 Å². The molecule has 0 spiro atoms. The van der Waals surface area contributed by atoms with E-state index in [9.17, 15) is 14.4 Å². The summed E-state index contributed by atoms with van der Waals surface area (Å²) in [4.78, 5) is 39.2. The number of carbonyl (C=O) groups is 3. The van der Waals surface area contributed by atoms with Crippen LogP contribution < -0.4 is 10.1 Å². The summed E-state index contributed by atoms with van der Waals surface area (Å²) in [6.07, 6.45) is 0. The van der Waals surface area contributed by atoms with Gasteiger partial charge in [-0.2, -0.15) is 0 Å². The number of hydrogen-bond acceptors (Lipinski definition) is 9. The monoisotopic (exact) mass is 537 g/mol. The van der Waals surface area contributed by atoms with Gasteiger partial charge in [0.2, 0.25) is 5.91 Å². The van der Waals surface area contributed by atoms with Crippen LogP contribution in [-0.4, -0.2) is 64.4 Å². The molecular formula is C22H24ClN5O5S2. The van der Waals surface area contributed by atoms with Crippen LogP contribution in [0.3, 0.4) is 0 Å². The van der Waals surface area contributed by atoms with Gasteiger partial charge < -0.3 is 24.3 Å². The van der Waals surface area contributed by atoms with Crippen molar-refractivity contribution < 1.29 is 23.9 Å². The number of hydrogen-bond donors (Lipinski definition) is 1. The molecule has 2 heterocycles. The minimum atomic E-state index is -0.627. The van der Waals surface area contributed by atoms with Gasteiger partial charge in [-0.15, -0.1) is 21.5 Å². The van der Waals surface area contributed by atoms with E-state index in [0.29, 0.717) is 32.2 Å². The second-order valence-corrected chi connectivity index (χ2v) is 9.89. The fourth-order valence-corrected chi connectivity index (χ4v) is 5.01. The van der Waals surface area contributed by atoms with E-state index in [1.54, 1.807) is 56.9 Å². The molecular weight excluding hydrogens is 514 g/mol. The van der Waals surface area contributed by atoms with E-state index in [0.717, 1.165) is 11.3 Å². The number of halogens is 1. The molecule has 2 aromatic heterocycles. The molecule has 13 heteroatoms. The third-order valence-electron chi connectivity index (χ3n) is 4.83. The molecule has 3 rings (SSSR count). The highest BCUT2D eigenvalue weighted by Crippen LogP contribution is 2.34. The van der Waals surface area contributed by atoms with Crippen LogP contribution in [0.25, 0.3) is 0 Å². The minimum absolute atomic E-state index is 0.0124. The van der Waals surface area contributed by atoms with Crippen LogP contribution in [0.15, 0.2) is 29.4 Å². The van der Waals surface area contributed by atoms with Crippen molar-refractivity contribution in [2.45, 2.75) is 18.7 Å². The van der Waals surface area contributed by atoms with E-state index in [4.69, 9.17) is 21.1 Å². The first kappa shape index (κ1) is 26.5. The van der Waals surface area contributed by atoms with Gasteiger partial charge in [0.15, 0.2) is 11.0 Å². The molecule has 0 aliphatic rings. The summed E-state index contributed by atoms with van der Waals surface area (Å²) >= 11 is 8.10. The Labute approximate surface area is 215 Å². The van der Waals surface area contributed by atoms with Crippen LogP contribution in [0.5, 0.6) is 5.75 Å². The maximum Gasteiger partial charge on any atom is 0.341 e. The van der Waals surface area contributed by atoms with Crippen molar-refractivity contribution in [3.8, 4) is 5.75 Å². The highest BCUT2D eigenvalue weighted by atomic mass is 35.5. The minimum Gasteiger partial charge on any atom is -0.486 e. The van der Waals surface area contributed by atoms with Crippen molar-refractivity contribution in [1.29, 1.82) is 0 Å². The van der Waals surface area contributed by atoms with E-state index < -0.39 is 5.97 Å². The van der Waals surface area contributed by atoms with Crippen LogP contribution >= 0.6 is 34.7 Å². The molecule has 35 heavy (non-hydrogen) atoms. The molecule has 0 atom stereocenters. The summed E-state index contributed by atoms with van der Waals surface area (Å²) < 4.78 is 12.3. The van der Waals surface area contributed by atoms with E-state index in [2.05, 4.69) is 15.5 Å². The summed E-state index contributed by atoms with van der Waals surface area (Å²) in [5, 5.41) is 12.4. The first-order valence-corrected chi connectivity index (χ1v) is 12.4. The third kappa shape index (κ3) is 6.32. The topological polar surface area (TPSA) is 116 Å². The Bertz CT molecular complexity index is 1240. The summed E-state index contributed by atoms with van der Waals surface area (Å²) in [5.74, 6) is -0.0222. The lowest BCUT2D eigenvalue weighted by Crippen LogP contribution is -2.21. The Morgan fingerprint density at radius 2 is 1.89 bits per heavy atom. The standard InChI is InChI=1S/C22H24ClN5O5S2/c1-12-17(21(31)32-5)19(35-18(12)20(30)27(2)3)24-16(29)11-34-22-26-25-15(28(22)4)10-33-14-8-6-13(23)7-9-14/h6-9H,10-11H2,1-5H3,(H,24,29). The van der Waals surface area contributed by atoms with Crippen molar-refractivity contribution in [3.63, 3.8) is 0 Å². The number of benzene rings is 1. The second kappa shape index (κ2) is 11.6. The zero-order chi connectivity index (χ0) is 25.7. The first-order chi connectivity index (χ1) is 16.6. The number of ether oxygens (including phenoxy) is 2. The highest BCUT2D eigenvalue weighted by Gasteiger charge is 2.27. The molecule has 2 amide bonds. The van der Waals surface area contributed by atoms with Gasteiger partial charge in [-0.1, -0.05) is 23.4 Å². The normalized spacial score (nSPS) is 10.7. The molecule has 0 fully saturated rings. The molecule has 0 saturated heterocycles. The zero-order valence-corrected chi connectivity index (χ0v) is 22.1. The summed E-state index contributed by atoms with van der Waals surface area (Å²) in [5.41, 5.74) is 0.628. The van der Waals surface area contributed by atoms with Crippen molar-refractivity contribution in [1.82, 2.24) is 19.7 Å². The van der Waals surface area contributed by atoms with Crippen LogP contribution in [0.2, 0.25) is 5.02 Å². The lowest BCUT2D eigenvalue weighted by atomic mass is 10.1. The predicted molar refractivity (Wildman–Crippen MR) is 135 cm³/mol. The average molecular weight is 538 g/mol. The summed E-state index contributed by atoms with van der Waals surface area (Å²) in [7, 11) is 6.25. The quantitative estimate of drug-likeness (QED) is 0.325. The van der Waals surface area contributed by atoms with Crippen molar-refractivity contribution >= 4 is 57.5 Å². The Morgan fingerprint density at radius 3 is 2.51 bits per heavy atom. The maximum atomic E-state index is 12.7. The lowest BCUT2D eigenvalue weighted by Gasteiger charge is -2.08. The van der Waals surface area contributed by atoms with Gasteiger partial charge in [-0.3, -0.25) is 9.59 Å². The SMILES string of the molecule is COC(=O)c1c(NC(=O)CSc2nnc(COc3ccc(Cl)cc3)n2C)sc(C(=O)N(C)C)c1C. The number of nitrogens with zero attached hydrogens (tertiary/aromatic N) is 4. The van der Waals surface area contributed by atoms with E-state index in [1.807, 2.05) is 0 Å². The van der Waals surface area contributed by atoms with Crippen molar-refractivity contribution in [2.24, 2.45) is 7.05 Å². The molecule has 0 aliphatic heterocycles. The molecule has 1 N–H and O–H groups in total. The number of esters is 1. The number of thioether (sulfide) groups is 1. The summed E-state index contributed by atoms with van der Waals surface area (Å²) in [6.45, 7) is 1.84. The van der Waals surface area contributed by atoms with Gasteiger partial charge in [0, 0.05) is 26.2 Å². The molecule has 186 valence electrons. The smallest absolute Gasteiger partial charge is 0.341 e. The number of aromatic nitrogens is 3. The predicted octanol–water partition coefficient (Wildman–Crippen LogP) is 3.64. The van der Waals surface area contributed by atoms with Gasteiger partial charge in [-0.25, -0.2) is 4.79 Å². The van der Waals surface area contributed by atoms with Gasteiger partial charge in [-0.05, 0) is 36.8 Å². The molecule has 0 radical (unpaired) electrons. The fraction of sp³-hybridized carbons (Fsp3) is 0.318. The number of rotatable bonds is 9. The van der Waals surface area contributed by atoms with Crippen LogP contribution in [0, 0.1) is 6.92 Å². The van der Waals surface area contributed by atoms with Crippen molar-refractivity contribution in [3.05, 3.63) is 51.1 Å². The Morgan fingerprint density at radius 1 is 1.20 bits per heavy atom. The third-order valence-corrected chi connectivity index (χ3v) is 7.30. The Kier molecular flexibility index (Phi) is 8.76. The van der Waals surface area contributed by atoms with E-state index in [1.165, 1.54) is 23.8 Å². The lowest BCUT2D eigenvalue weighted by molar-refractivity contribution is -0.113. The number of anilines is 1. The maximum absolute atomic E-state index is 12.7. The van der Waals surface area contributed by atoms with E-state index in [-0.39, 0.29) is 34.7 Å².